The van der Waals surface area contributed by atoms with Crippen LogP contribution in [0.4, 0.5) is 5.69 Å². The second-order valence-electron chi connectivity index (χ2n) is 7.12. The minimum Gasteiger partial charge on any atom is -0.370 e. The van der Waals surface area contributed by atoms with Crippen molar-refractivity contribution in [2.24, 2.45) is 11.7 Å². The van der Waals surface area contributed by atoms with Crippen molar-refractivity contribution >= 4 is 29.1 Å². The average Bonchev–Trinajstić information content (AvgIpc) is 3.14. The molecule has 0 spiro atoms. The van der Waals surface area contributed by atoms with Gasteiger partial charge in [0.1, 0.15) is 0 Å². The number of anilines is 1. The van der Waals surface area contributed by atoms with Crippen LogP contribution in [0.25, 0.3) is 0 Å². The summed E-state index contributed by atoms with van der Waals surface area (Å²) in [7, 11) is 0. The Morgan fingerprint density at radius 1 is 1.16 bits per heavy atom. The highest BCUT2D eigenvalue weighted by molar-refractivity contribution is 6.33. The Morgan fingerprint density at radius 2 is 1.92 bits per heavy atom. The number of carbonyl (C=O) groups excluding carboxylic acids is 2. The molecule has 2 N–H and O–H groups in total. The van der Waals surface area contributed by atoms with Gasteiger partial charge in [-0.15, -0.1) is 0 Å². The van der Waals surface area contributed by atoms with Crippen molar-refractivity contribution in [3.8, 4) is 0 Å². The van der Waals surface area contributed by atoms with E-state index in [0.717, 1.165) is 44.6 Å². The van der Waals surface area contributed by atoms with Crippen molar-refractivity contribution in [2.75, 3.05) is 31.1 Å². The Bertz CT molecular complexity index is 644. The molecule has 136 valence electrons. The topological polar surface area (TPSA) is 66.6 Å². The van der Waals surface area contributed by atoms with Gasteiger partial charge in [0, 0.05) is 38.2 Å². The van der Waals surface area contributed by atoms with Crippen LogP contribution in [-0.2, 0) is 4.79 Å². The summed E-state index contributed by atoms with van der Waals surface area (Å²) < 4.78 is 0. The number of likely N-dealkylation sites (tertiary alicyclic amines) is 1. The molecule has 0 unspecified atom stereocenters. The lowest BCUT2D eigenvalue weighted by Crippen LogP contribution is -2.40. The van der Waals surface area contributed by atoms with Gasteiger partial charge in [-0.3, -0.25) is 9.59 Å². The zero-order valence-electron chi connectivity index (χ0n) is 14.5. The quantitative estimate of drug-likeness (QED) is 0.874. The first-order chi connectivity index (χ1) is 12.0. The molecule has 2 saturated heterocycles. The summed E-state index contributed by atoms with van der Waals surface area (Å²) in [5.41, 5.74) is 6.90. The molecule has 1 aromatic carbocycles. The molecule has 0 aliphatic carbocycles. The molecule has 2 aliphatic rings. The van der Waals surface area contributed by atoms with E-state index in [9.17, 15) is 9.59 Å². The van der Waals surface area contributed by atoms with E-state index >= 15 is 0 Å². The number of hydrogen-bond donors (Lipinski definition) is 1. The summed E-state index contributed by atoms with van der Waals surface area (Å²) in [6.45, 7) is 3.51. The summed E-state index contributed by atoms with van der Waals surface area (Å²) in [6.07, 6.45) is 5.55. The van der Waals surface area contributed by atoms with Gasteiger partial charge in [0.05, 0.1) is 10.7 Å². The van der Waals surface area contributed by atoms with Crippen LogP contribution in [0.15, 0.2) is 18.2 Å². The summed E-state index contributed by atoms with van der Waals surface area (Å²) in [5, 5.41) is 0.648. The number of carbonyl (C=O) groups is 2. The van der Waals surface area contributed by atoms with E-state index in [2.05, 4.69) is 4.90 Å². The Balaban J connectivity index is 1.65. The first kappa shape index (κ1) is 18.1. The number of piperidine rings is 1. The Hall–Kier alpha value is -1.75. The zero-order valence-corrected chi connectivity index (χ0v) is 15.3. The Kier molecular flexibility index (Phi) is 5.84. The molecule has 5 nitrogen and oxygen atoms in total. The van der Waals surface area contributed by atoms with Crippen LogP contribution in [0.5, 0.6) is 0 Å². The molecule has 2 aliphatic heterocycles. The van der Waals surface area contributed by atoms with E-state index in [0.29, 0.717) is 29.5 Å². The van der Waals surface area contributed by atoms with E-state index in [-0.39, 0.29) is 11.8 Å². The number of hydrogen-bond acceptors (Lipinski definition) is 3. The van der Waals surface area contributed by atoms with Crippen LogP contribution < -0.4 is 10.6 Å². The Morgan fingerprint density at radius 3 is 2.60 bits per heavy atom. The summed E-state index contributed by atoms with van der Waals surface area (Å²) >= 11 is 6.44. The number of amides is 2. The number of halogens is 1. The molecule has 2 fully saturated rings. The summed E-state index contributed by atoms with van der Waals surface area (Å²) in [4.78, 5) is 28.0. The lowest BCUT2D eigenvalue weighted by molar-refractivity contribution is -0.118. The van der Waals surface area contributed by atoms with Crippen LogP contribution >= 0.6 is 11.6 Å². The smallest absolute Gasteiger partial charge is 0.253 e. The first-order valence-corrected chi connectivity index (χ1v) is 9.54. The van der Waals surface area contributed by atoms with E-state index in [1.165, 1.54) is 12.8 Å². The fourth-order valence-electron chi connectivity index (χ4n) is 3.87. The predicted octanol–water partition coefficient (Wildman–Crippen LogP) is 3.06. The van der Waals surface area contributed by atoms with Gasteiger partial charge >= 0.3 is 0 Å². The van der Waals surface area contributed by atoms with Gasteiger partial charge in [0.2, 0.25) is 5.91 Å². The van der Waals surface area contributed by atoms with Gasteiger partial charge in [-0.05, 0) is 56.2 Å². The molecule has 2 amide bonds. The highest BCUT2D eigenvalue weighted by atomic mass is 35.5. The van der Waals surface area contributed by atoms with Gasteiger partial charge in [-0.1, -0.05) is 11.6 Å². The molecule has 6 heteroatoms. The van der Waals surface area contributed by atoms with Crippen LogP contribution in [0.2, 0.25) is 5.02 Å². The maximum Gasteiger partial charge on any atom is 0.253 e. The van der Waals surface area contributed by atoms with E-state index in [4.69, 9.17) is 17.3 Å². The minimum absolute atomic E-state index is 0.0265. The second kappa shape index (κ2) is 8.09. The third kappa shape index (κ3) is 4.46. The number of benzene rings is 1. The normalized spacial score (nSPS) is 20.8. The molecular formula is C19H26ClN3O2. The van der Waals surface area contributed by atoms with Gasteiger partial charge in [-0.2, -0.15) is 0 Å². The first-order valence-electron chi connectivity index (χ1n) is 9.16. The lowest BCUT2D eigenvalue weighted by Gasteiger charge is -2.33. The van der Waals surface area contributed by atoms with Crippen LogP contribution in [0, 0.1) is 5.92 Å². The van der Waals surface area contributed by atoms with Crippen molar-refractivity contribution < 1.29 is 9.59 Å². The maximum absolute atomic E-state index is 12.8. The maximum atomic E-state index is 12.8. The van der Waals surface area contributed by atoms with Gasteiger partial charge in [-0.25, -0.2) is 0 Å². The molecule has 0 radical (unpaired) electrons. The van der Waals surface area contributed by atoms with Crippen molar-refractivity contribution in [1.29, 1.82) is 0 Å². The third-order valence-electron chi connectivity index (χ3n) is 5.25. The molecule has 1 atom stereocenters. The average molecular weight is 364 g/mol. The van der Waals surface area contributed by atoms with E-state index < -0.39 is 0 Å². The molecule has 2 heterocycles. The SMILES string of the molecule is NC(=O)CC[C@@H]1CCCN(C(=O)c2ccc(N3CCCC3)c(Cl)c2)C1. The lowest BCUT2D eigenvalue weighted by atomic mass is 9.93. The van der Waals surface area contributed by atoms with Crippen LogP contribution in [-0.4, -0.2) is 42.9 Å². The zero-order chi connectivity index (χ0) is 17.8. The Labute approximate surface area is 154 Å². The summed E-state index contributed by atoms with van der Waals surface area (Å²) in [5.74, 6) is 0.107. The summed E-state index contributed by atoms with van der Waals surface area (Å²) in [6, 6.07) is 5.65. The molecule has 0 bridgehead atoms. The molecule has 3 rings (SSSR count). The standard InChI is InChI=1S/C19H26ClN3O2/c20-16-12-15(6-7-17(16)22-9-1-2-10-22)19(25)23-11-3-4-14(13-23)5-8-18(21)24/h6-7,12,14H,1-5,8-11,13H2,(H2,21,24)/t14-/m0/s1. The predicted molar refractivity (Wildman–Crippen MR) is 100.0 cm³/mol. The fourth-order valence-corrected chi connectivity index (χ4v) is 4.17. The number of nitrogens with zero attached hydrogens (tertiary/aromatic N) is 2. The van der Waals surface area contributed by atoms with E-state index in [1.54, 1.807) is 6.07 Å². The second-order valence-corrected chi connectivity index (χ2v) is 7.53. The van der Waals surface area contributed by atoms with Crippen molar-refractivity contribution in [1.82, 2.24) is 4.90 Å². The van der Waals surface area contributed by atoms with Crippen molar-refractivity contribution in [2.45, 2.75) is 38.5 Å². The number of rotatable bonds is 5. The van der Waals surface area contributed by atoms with Crippen molar-refractivity contribution in [3.63, 3.8) is 0 Å². The number of nitrogens with two attached hydrogens (primary N) is 1. The van der Waals surface area contributed by atoms with Crippen LogP contribution in [0.3, 0.4) is 0 Å². The fraction of sp³-hybridized carbons (Fsp3) is 0.579. The third-order valence-corrected chi connectivity index (χ3v) is 5.55. The molecule has 0 saturated carbocycles. The number of primary amides is 1. The monoisotopic (exact) mass is 363 g/mol. The van der Waals surface area contributed by atoms with Crippen molar-refractivity contribution in [3.05, 3.63) is 28.8 Å². The molecule has 1 aromatic rings. The van der Waals surface area contributed by atoms with Gasteiger partial charge in [0.15, 0.2) is 0 Å². The highest BCUT2D eigenvalue weighted by Crippen LogP contribution is 2.30. The van der Waals surface area contributed by atoms with E-state index in [1.807, 2.05) is 17.0 Å². The van der Waals surface area contributed by atoms with Gasteiger partial charge < -0.3 is 15.5 Å². The highest BCUT2D eigenvalue weighted by Gasteiger charge is 2.25. The molecule has 0 aromatic heterocycles. The largest absolute Gasteiger partial charge is 0.370 e. The van der Waals surface area contributed by atoms with Crippen LogP contribution in [0.1, 0.15) is 48.9 Å². The molecule has 25 heavy (non-hydrogen) atoms. The van der Waals surface area contributed by atoms with Gasteiger partial charge in [0.25, 0.3) is 5.91 Å². The minimum atomic E-state index is -0.271. The molecular weight excluding hydrogens is 338 g/mol.